The third-order valence-corrected chi connectivity index (χ3v) is 7.41. The van der Waals surface area contributed by atoms with E-state index in [1.807, 2.05) is 11.3 Å². The molecule has 0 unspecified atom stereocenters. The molecule has 1 aliphatic heterocycles. The van der Waals surface area contributed by atoms with Crippen LogP contribution in [0, 0.1) is 5.92 Å². The van der Waals surface area contributed by atoms with Crippen LogP contribution < -0.4 is 4.90 Å². The molecule has 1 N–H and O–H groups in total. The zero-order valence-electron chi connectivity index (χ0n) is 14.8. The molecule has 1 atom stereocenters. The van der Waals surface area contributed by atoms with Crippen molar-refractivity contribution in [2.45, 2.75) is 55.8 Å². The Kier molecular flexibility index (Phi) is 4.42. The molecule has 8 heteroatoms. The van der Waals surface area contributed by atoms with Gasteiger partial charge in [0.15, 0.2) is 6.54 Å². The molecule has 26 heavy (non-hydrogen) atoms. The fourth-order valence-corrected chi connectivity index (χ4v) is 6.24. The van der Waals surface area contributed by atoms with Gasteiger partial charge in [-0.05, 0) is 42.5 Å². The fourth-order valence-electron chi connectivity index (χ4n) is 4.02. The summed E-state index contributed by atoms with van der Waals surface area (Å²) in [6, 6.07) is 0. The molecular weight excluding hydrogens is 366 g/mol. The van der Waals surface area contributed by atoms with Crippen LogP contribution >= 0.6 is 23.1 Å². The Bertz CT molecular complexity index is 931. The Hall–Kier alpha value is -1.51. The predicted molar refractivity (Wildman–Crippen MR) is 101 cm³/mol. The molecule has 0 aromatic carbocycles. The summed E-state index contributed by atoms with van der Waals surface area (Å²) in [6.07, 6.45) is 7.76. The van der Waals surface area contributed by atoms with E-state index in [2.05, 4.69) is 27.1 Å². The fraction of sp³-hybridized carbons (Fsp3) is 0.556. The van der Waals surface area contributed by atoms with Crippen molar-refractivity contribution in [3.8, 4) is 0 Å². The average molecular weight is 389 g/mol. The third-order valence-electron chi connectivity index (χ3n) is 5.40. The highest BCUT2D eigenvalue weighted by molar-refractivity contribution is 7.99. The lowest BCUT2D eigenvalue weighted by atomic mass is 9.89. The second-order valence-corrected chi connectivity index (χ2v) is 9.43. The van der Waals surface area contributed by atoms with E-state index in [9.17, 15) is 0 Å². The monoisotopic (exact) mass is 388 g/mol. The zero-order valence-corrected chi connectivity index (χ0v) is 16.5. The number of aromatic nitrogens is 4. The maximum Gasteiger partial charge on any atom is 0.283 e. The minimum atomic E-state index is 0.586. The molecule has 1 fully saturated rings. The number of quaternary nitrogens is 1. The molecule has 2 aliphatic rings. The van der Waals surface area contributed by atoms with Gasteiger partial charge in [0.1, 0.15) is 16.2 Å². The highest BCUT2D eigenvalue weighted by atomic mass is 32.2. The number of hydrogen-bond acceptors (Lipinski definition) is 7. The van der Waals surface area contributed by atoms with Crippen LogP contribution in [-0.4, -0.2) is 33.3 Å². The lowest BCUT2D eigenvalue weighted by Crippen LogP contribution is -3.08. The topological polar surface area (TPSA) is 69.1 Å². The van der Waals surface area contributed by atoms with Crippen molar-refractivity contribution in [3.05, 3.63) is 22.7 Å². The van der Waals surface area contributed by atoms with E-state index in [0.29, 0.717) is 5.22 Å². The van der Waals surface area contributed by atoms with Gasteiger partial charge < -0.3 is 9.32 Å². The Morgan fingerprint density at radius 2 is 2.15 bits per heavy atom. The smallest absolute Gasteiger partial charge is 0.283 e. The van der Waals surface area contributed by atoms with Crippen LogP contribution in [-0.2, 0) is 19.4 Å². The first kappa shape index (κ1) is 16.6. The molecule has 3 aromatic rings. The summed E-state index contributed by atoms with van der Waals surface area (Å²) in [5.41, 5.74) is 1.44. The molecule has 6 nitrogen and oxygen atoms in total. The van der Waals surface area contributed by atoms with E-state index in [1.165, 1.54) is 64.8 Å². The Labute approximate surface area is 160 Å². The van der Waals surface area contributed by atoms with E-state index in [4.69, 9.17) is 4.42 Å². The van der Waals surface area contributed by atoms with Crippen molar-refractivity contribution in [1.82, 2.24) is 20.2 Å². The maximum atomic E-state index is 5.90. The second kappa shape index (κ2) is 6.90. The van der Waals surface area contributed by atoms with Crippen LogP contribution in [0.15, 0.2) is 21.0 Å². The van der Waals surface area contributed by atoms with Crippen LogP contribution in [0.3, 0.4) is 0 Å². The van der Waals surface area contributed by atoms with Gasteiger partial charge in [0, 0.05) is 23.1 Å². The number of rotatable bonds is 4. The average Bonchev–Trinajstić information content (AvgIpc) is 3.35. The molecular formula is C18H22N5OS2+. The Morgan fingerprint density at radius 3 is 3.04 bits per heavy atom. The van der Waals surface area contributed by atoms with Crippen molar-refractivity contribution in [3.63, 3.8) is 0 Å². The number of fused-ring (bicyclic) bond motifs is 3. The molecule has 136 valence electrons. The number of aryl methyl sites for hydroxylation is 1. The number of thiophene rings is 1. The first-order valence-corrected chi connectivity index (χ1v) is 11.0. The molecule has 0 bridgehead atoms. The normalized spacial score (nSPS) is 20.7. The Morgan fingerprint density at radius 1 is 1.27 bits per heavy atom. The standard InChI is InChI=1S/C18H21N5OS2/c1-11-4-5-12-13(8-11)25-16-15(12)17(20-10-19-16)26-18-22-21-14(24-18)9-23-6-2-3-7-23/h10-11H,2-9H2,1H3/p+1/t11-/m0/s1. The second-order valence-electron chi connectivity index (χ2n) is 7.41. The molecule has 1 aliphatic carbocycles. The van der Waals surface area contributed by atoms with Gasteiger partial charge >= 0.3 is 0 Å². The number of hydrogen-bond donors (Lipinski definition) is 1. The number of likely N-dealkylation sites (tertiary alicyclic amines) is 1. The zero-order chi connectivity index (χ0) is 17.5. The summed E-state index contributed by atoms with van der Waals surface area (Å²) >= 11 is 3.30. The largest absolute Gasteiger partial charge is 0.410 e. The van der Waals surface area contributed by atoms with Crippen LogP contribution in [0.4, 0.5) is 0 Å². The van der Waals surface area contributed by atoms with Gasteiger partial charge in [0.25, 0.3) is 11.1 Å². The minimum absolute atomic E-state index is 0.586. The molecule has 5 rings (SSSR count). The number of nitrogens with one attached hydrogen (secondary N) is 1. The van der Waals surface area contributed by atoms with Crippen LogP contribution in [0.2, 0.25) is 0 Å². The van der Waals surface area contributed by atoms with Gasteiger partial charge in [-0.15, -0.1) is 21.5 Å². The van der Waals surface area contributed by atoms with E-state index < -0.39 is 0 Å². The summed E-state index contributed by atoms with van der Waals surface area (Å²) in [4.78, 5) is 13.2. The predicted octanol–water partition coefficient (Wildman–Crippen LogP) is 2.53. The quantitative estimate of drug-likeness (QED) is 0.693. The summed E-state index contributed by atoms with van der Waals surface area (Å²) in [5, 5.41) is 11.2. The first-order chi connectivity index (χ1) is 12.8. The molecule has 0 amide bonds. The van der Waals surface area contributed by atoms with Crippen molar-refractivity contribution in [2.75, 3.05) is 13.1 Å². The maximum absolute atomic E-state index is 5.90. The SMILES string of the molecule is C[C@H]1CCc2c(sc3ncnc(Sc4nnc(C[NH+]5CCCC5)o4)c23)C1. The van der Waals surface area contributed by atoms with Crippen molar-refractivity contribution >= 4 is 33.3 Å². The lowest BCUT2D eigenvalue weighted by Gasteiger charge is -2.17. The first-order valence-electron chi connectivity index (χ1n) is 9.35. The van der Waals surface area contributed by atoms with E-state index >= 15 is 0 Å². The highest BCUT2D eigenvalue weighted by Crippen LogP contribution is 2.41. The summed E-state index contributed by atoms with van der Waals surface area (Å²) in [7, 11) is 0. The summed E-state index contributed by atoms with van der Waals surface area (Å²) in [5.74, 6) is 1.49. The van der Waals surface area contributed by atoms with Crippen LogP contribution in [0.25, 0.3) is 10.2 Å². The highest BCUT2D eigenvalue weighted by Gasteiger charge is 2.24. The molecule has 4 heterocycles. The molecule has 0 radical (unpaired) electrons. The molecule has 1 saturated heterocycles. The van der Waals surface area contributed by atoms with Gasteiger partial charge in [0.05, 0.1) is 13.1 Å². The van der Waals surface area contributed by atoms with Crippen molar-refractivity contribution in [1.29, 1.82) is 0 Å². The molecule has 0 saturated carbocycles. The number of nitrogens with zero attached hydrogens (tertiary/aromatic N) is 4. The van der Waals surface area contributed by atoms with Crippen molar-refractivity contribution in [2.24, 2.45) is 5.92 Å². The van der Waals surface area contributed by atoms with Crippen molar-refractivity contribution < 1.29 is 9.32 Å². The van der Waals surface area contributed by atoms with Gasteiger partial charge in [-0.2, -0.15) is 0 Å². The van der Waals surface area contributed by atoms with Gasteiger partial charge in [-0.1, -0.05) is 6.92 Å². The summed E-state index contributed by atoms with van der Waals surface area (Å²) < 4.78 is 5.90. The summed E-state index contributed by atoms with van der Waals surface area (Å²) in [6.45, 7) is 5.57. The van der Waals surface area contributed by atoms with Gasteiger partial charge in [-0.3, -0.25) is 0 Å². The lowest BCUT2D eigenvalue weighted by molar-refractivity contribution is -0.902. The van der Waals surface area contributed by atoms with E-state index in [1.54, 1.807) is 6.33 Å². The van der Waals surface area contributed by atoms with Crippen LogP contribution in [0.5, 0.6) is 0 Å². The van der Waals surface area contributed by atoms with Crippen LogP contribution in [0.1, 0.15) is 42.5 Å². The van der Waals surface area contributed by atoms with Gasteiger partial charge in [0.2, 0.25) is 0 Å². The van der Waals surface area contributed by atoms with Gasteiger partial charge in [-0.25, -0.2) is 9.97 Å². The molecule has 3 aromatic heterocycles. The van der Waals surface area contributed by atoms with E-state index in [-0.39, 0.29) is 0 Å². The molecule has 0 spiro atoms. The Balaban J connectivity index is 1.42. The van der Waals surface area contributed by atoms with E-state index in [0.717, 1.165) is 41.1 Å². The minimum Gasteiger partial charge on any atom is -0.410 e. The third kappa shape index (κ3) is 3.14.